The predicted molar refractivity (Wildman–Crippen MR) is 127 cm³/mol. The summed E-state index contributed by atoms with van der Waals surface area (Å²) < 4.78 is 16.3. The summed E-state index contributed by atoms with van der Waals surface area (Å²) in [6.07, 6.45) is 4.26. The van der Waals surface area contributed by atoms with Crippen LogP contribution in [0.15, 0.2) is 30.3 Å². The van der Waals surface area contributed by atoms with Gasteiger partial charge < -0.3 is 4.90 Å². The Hall–Kier alpha value is -2.70. The van der Waals surface area contributed by atoms with Gasteiger partial charge in [-0.1, -0.05) is 44.8 Å². The van der Waals surface area contributed by atoms with Gasteiger partial charge in [0.15, 0.2) is 5.65 Å². The second-order valence-electron chi connectivity index (χ2n) is 10.2. The molecule has 3 aromatic rings. The van der Waals surface area contributed by atoms with E-state index in [9.17, 15) is 9.18 Å². The van der Waals surface area contributed by atoms with E-state index in [0.717, 1.165) is 24.1 Å². The van der Waals surface area contributed by atoms with Gasteiger partial charge in [-0.25, -0.2) is 13.9 Å². The molecule has 2 aliphatic rings. The van der Waals surface area contributed by atoms with E-state index in [0.29, 0.717) is 29.0 Å². The summed E-state index contributed by atoms with van der Waals surface area (Å²) in [6, 6.07) is 8.93. The number of carbonyl (C=O) groups is 1. The summed E-state index contributed by atoms with van der Waals surface area (Å²) in [7, 11) is 1.86. The van der Waals surface area contributed by atoms with Gasteiger partial charge in [0.25, 0.3) is 5.91 Å². The van der Waals surface area contributed by atoms with Gasteiger partial charge in [-0.15, -0.1) is 0 Å². The zero-order chi connectivity index (χ0) is 22.8. The first-order valence-corrected chi connectivity index (χ1v) is 11.6. The largest absolute Gasteiger partial charge is 0.333 e. The third kappa shape index (κ3) is 2.93. The van der Waals surface area contributed by atoms with E-state index < -0.39 is 0 Å². The van der Waals surface area contributed by atoms with Crippen LogP contribution in [-0.2, 0) is 6.42 Å². The molecule has 3 heterocycles. The molecule has 166 valence electrons. The maximum atomic E-state index is 14.6. The number of hydrogen-bond acceptors (Lipinski definition) is 3. The number of fused-ring (bicyclic) bond motifs is 2. The first kappa shape index (κ1) is 21.2. The van der Waals surface area contributed by atoms with E-state index in [1.54, 1.807) is 16.6 Å². The van der Waals surface area contributed by atoms with Crippen molar-refractivity contribution in [3.63, 3.8) is 0 Å². The van der Waals surface area contributed by atoms with Crippen molar-refractivity contribution in [2.45, 2.75) is 59.4 Å². The Morgan fingerprint density at radius 3 is 2.72 bits per heavy atom. The molecule has 0 radical (unpaired) electrons. The van der Waals surface area contributed by atoms with E-state index in [-0.39, 0.29) is 28.6 Å². The smallest absolute Gasteiger partial charge is 0.272 e. The number of halogens is 1. The van der Waals surface area contributed by atoms with E-state index in [2.05, 4.69) is 30.9 Å². The summed E-state index contributed by atoms with van der Waals surface area (Å²) in [5.41, 5.74) is 4.05. The van der Waals surface area contributed by atoms with Crippen LogP contribution in [0.3, 0.4) is 0 Å². The van der Waals surface area contributed by atoms with E-state index in [1.165, 1.54) is 18.9 Å². The number of hydrogen-bond donors (Lipinski definition) is 0. The number of nitrogens with zero attached hydrogens (tertiary/aromatic N) is 4. The van der Waals surface area contributed by atoms with Crippen molar-refractivity contribution in [3.05, 3.63) is 47.5 Å². The van der Waals surface area contributed by atoms with Crippen molar-refractivity contribution in [2.24, 2.45) is 10.8 Å². The zero-order valence-electron chi connectivity index (χ0n) is 19.6. The molecule has 32 heavy (non-hydrogen) atoms. The summed E-state index contributed by atoms with van der Waals surface area (Å²) >= 11 is 0. The number of rotatable bonds is 3. The molecule has 1 saturated carbocycles. The Morgan fingerprint density at radius 1 is 1.25 bits per heavy atom. The summed E-state index contributed by atoms with van der Waals surface area (Å²) in [5, 5.41) is 4.61. The fraction of sp³-hybridized carbons (Fsp3) is 0.480. The quantitative estimate of drug-likeness (QED) is 0.597. The fourth-order valence-corrected chi connectivity index (χ4v) is 6.02. The van der Waals surface area contributed by atoms with Crippen LogP contribution in [0, 0.1) is 16.6 Å². The number of carbonyl (C=O) groups excluding carboxylic acids is 1. The topological polar surface area (TPSA) is 50.5 Å². The molecule has 5 rings (SSSR count). The highest BCUT2D eigenvalue weighted by atomic mass is 19.1. The molecule has 5 nitrogen and oxygen atoms in total. The van der Waals surface area contributed by atoms with Crippen LogP contribution < -0.4 is 5.46 Å². The summed E-state index contributed by atoms with van der Waals surface area (Å²) in [6.45, 7) is 9.66. The number of aryl methyl sites for hydroxylation is 1. The van der Waals surface area contributed by atoms with Gasteiger partial charge in [0.1, 0.15) is 19.4 Å². The lowest BCUT2D eigenvalue weighted by molar-refractivity contribution is 0.0687. The van der Waals surface area contributed by atoms with Crippen LogP contribution in [0.25, 0.3) is 16.9 Å². The molecule has 7 heteroatoms. The molecule has 0 bridgehead atoms. The predicted octanol–water partition coefficient (Wildman–Crippen LogP) is 3.40. The second-order valence-corrected chi connectivity index (χ2v) is 10.2. The monoisotopic (exact) mass is 432 g/mol. The highest BCUT2D eigenvalue weighted by Crippen LogP contribution is 2.60. The molecule has 3 unspecified atom stereocenters. The van der Waals surface area contributed by atoms with Gasteiger partial charge >= 0.3 is 0 Å². The van der Waals surface area contributed by atoms with Gasteiger partial charge in [0, 0.05) is 29.9 Å². The molecule has 1 aliphatic carbocycles. The first-order chi connectivity index (χ1) is 15.2. The number of aromatic nitrogens is 3. The molecule has 1 aromatic carbocycles. The van der Waals surface area contributed by atoms with Gasteiger partial charge in [-0.05, 0) is 49.1 Å². The fourth-order valence-electron chi connectivity index (χ4n) is 6.02. The minimum absolute atomic E-state index is 0.0178. The SMILES string of the molecule is Bc1ccc(-c2cc3nc(C(=O)N4CC5(C)CCCC5(C)C4C)cc(CC)n3n2)c(F)c1. The summed E-state index contributed by atoms with van der Waals surface area (Å²) in [5.74, 6) is -0.322. The lowest BCUT2D eigenvalue weighted by atomic mass is 9.68. The van der Waals surface area contributed by atoms with E-state index in [4.69, 9.17) is 0 Å². The molecule has 1 aliphatic heterocycles. The molecule has 1 amide bonds. The van der Waals surface area contributed by atoms with Crippen LogP contribution in [0.4, 0.5) is 4.39 Å². The third-order valence-electron chi connectivity index (χ3n) is 8.46. The van der Waals surface area contributed by atoms with Crippen LogP contribution in [0.5, 0.6) is 0 Å². The summed E-state index contributed by atoms with van der Waals surface area (Å²) in [4.78, 5) is 20.3. The Kier molecular flexibility index (Phi) is 4.73. The Morgan fingerprint density at radius 2 is 2.03 bits per heavy atom. The molecule has 2 aromatic heterocycles. The van der Waals surface area contributed by atoms with Crippen LogP contribution in [0.1, 0.15) is 63.1 Å². The van der Waals surface area contributed by atoms with Gasteiger partial charge in [0.2, 0.25) is 0 Å². The normalized spacial score (nSPS) is 27.3. The standard InChI is InChI=1S/C25H30BFN4O/c1-5-17-12-21(23(32)30-14-24(3)9-6-10-25(24,4)15(30)2)28-22-13-20(29-31(17)22)18-8-7-16(26)11-19(18)27/h7-8,11-13,15H,5-6,9-10,14,26H2,1-4H3. The molecular formula is C25H30BFN4O. The van der Waals surface area contributed by atoms with Crippen molar-refractivity contribution in [1.82, 2.24) is 19.5 Å². The molecule has 3 atom stereocenters. The van der Waals surface area contributed by atoms with Gasteiger partial charge in [-0.3, -0.25) is 4.79 Å². The lowest BCUT2D eigenvalue weighted by Gasteiger charge is -2.36. The lowest BCUT2D eigenvalue weighted by Crippen LogP contribution is -2.40. The zero-order valence-corrected chi connectivity index (χ0v) is 19.6. The third-order valence-corrected chi connectivity index (χ3v) is 8.46. The van der Waals surface area contributed by atoms with Crippen molar-refractivity contribution < 1.29 is 9.18 Å². The van der Waals surface area contributed by atoms with Gasteiger partial charge in [-0.2, -0.15) is 5.10 Å². The number of amides is 1. The minimum atomic E-state index is -0.304. The first-order valence-electron chi connectivity index (χ1n) is 11.6. The Balaban J connectivity index is 1.55. The highest BCUT2D eigenvalue weighted by Gasteiger charge is 2.59. The second kappa shape index (κ2) is 7.16. The Labute approximate surface area is 189 Å². The average molecular weight is 432 g/mol. The molecule has 0 N–H and O–H groups in total. The molecule has 0 spiro atoms. The van der Waals surface area contributed by atoms with Crippen molar-refractivity contribution in [2.75, 3.05) is 6.54 Å². The maximum absolute atomic E-state index is 14.6. The van der Waals surface area contributed by atoms with Gasteiger partial charge in [0.05, 0.1) is 5.69 Å². The van der Waals surface area contributed by atoms with Crippen molar-refractivity contribution >= 4 is 24.9 Å². The molecular weight excluding hydrogens is 402 g/mol. The molecule has 1 saturated heterocycles. The highest BCUT2D eigenvalue weighted by molar-refractivity contribution is 6.32. The van der Waals surface area contributed by atoms with Crippen LogP contribution in [0.2, 0.25) is 0 Å². The Bertz CT molecular complexity index is 1240. The van der Waals surface area contributed by atoms with Crippen LogP contribution in [-0.4, -0.2) is 45.8 Å². The van der Waals surface area contributed by atoms with Crippen molar-refractivity contribution in [1.29, 1.82) is 0 Å². The van der Waals surface area contributed by atoms with Crippen molar-refractivity contribution in [3.8, 4) is 11.3 Å². The minimum Gasteiger partial charge on any atom is -0.333 e. The van der Waals surface area contributed by atoms with E-state index in [1.807, 2.05) is 31.8 Å². The average Bonchev–Trinajstić information content (AvgIpc) is 3.36. The molecule has 2 fully saturated rings. The maximum Gasteiger partial charge on any atom is 0.272 e. The van der Waals surface area contributed by atoms with Crippen LogP contribution >= 0.6 is 0 Å². The number of likely N-dealkylation sites (tertiary alicyclic amines) is 1. The number of benzene rings is 1. The van der Waals surface area contributed by atoms with E-state index >= 15 is 0 Å².